The minimum absolute atomic E-state index is 0.196. The molecule has 0 aromatic heterocycles. The van der Waals surface area contributed by atoms with Gasteiger partial charge in [-0.2, -0.15) is 0 Å². The third kappa shape index (κ3) is 1.78. The van der Waals surface area contributed by atoms with Gasteiger partial charge in [-0.3, -0.25) is 0 Å². The highest BCUT2D eigenvalue weighted by atomic mass is 16.7. The summed E-state index contributed by atoms with van der Waals surface area (Å²) in [5.41, 5.74) is -0.993. The number of unbranched alkanes of at least 4 members (excludes halogenated alkanes) is 1. The first kappa shape index (κ1) is 11.5. The van der Waals surface area contributed by atoms with Crippen LogP contribution in [-0.4, -0.2) is 23.8 Å². The second-order valence-electron chi connectivity index (χ2n) is 4.26. The Kier molecular flexibility index (Phi) is 3.20. The van der Waals surface area contributed by atoms with E-state index in [1.165, 1.54) is 0 Å². The van der Waals surface area contributed by atoms with E-state index in [4.69, 9.17) is 9.47 Å². The first-order valence-corrected chi connectivity index (χ1v) is 5.37. The van der Waals surface area contributed by atoms with Gasteiger partial charge in [-0.05, 0) is 27.2 Å². The second-order valence-corrected chi connectivity index (χ2v) is 4.26. The molecule has 82 valence electrons. The highest BCUT2D eigenvalue weighted by molar-refractivity contribution is 5.84. The zero-order valence-corrected chi connectivity index (χ0v) is 9.55. The minimum Gasteiger partial charge on any atom is -0.464 e. The zero-order chi connectivity index (χ0) is 10.8. The molecular weight excluding hydrogens is 180 g/mol. The third-order valence-corrected chi connectivity index (χ3v) is 2.85. The Bertz CT molecular complexity index is 223. The van der Waals surface area contributed by atoms with Crippen LogP contribution in [0.4, 0.5) is 0 Å². The maximum Gasteiger partial charge on any atom is 0.341 e. The molecule has 1 aliphatic heterocycles. The van der Waals surface area contributed by atoms with Crippen molar-refractivity contribution in [3.8, 4) is 0 Å². The van der Waals surface area contributed by atoms with Crippen molar-refractivity contribution in [1.82, 2.24) is 0 Å². The van der Waals surface area contributed by atoms with Gasteiger partial charge in [0.15, 0.2) is 5.60 Å². The monoisotopic (exact) mass is 200 g/mol. The highest BCUT2D eigenvalue weighted by Crippen LogP contribution is 2.51. The largest absolute Gasteiger partial charge is 0.464 e. The average Bonchev–Trinajstić information content (AvgIpc) is 2.67. The summed E-state index contributed by atoms with van der Waals surface area (Å²) in [5, 5.41) is 0. The van der Waals surface area contributed by atoms with Crippen molar-refractivity contribution in [3.63, 3.8) is 0 Å². The van der Waals surface area contributed by atoms with E-state index < -0.39 is 5.60 Å². The predicted molar refractivity (Wildman–Crippen MR) is 54.1 cm³/mol. The number of hydrogen-bond acceptors (Lipinski definition) is 3. The van der Waals surface area contributed by atoms with Crippen LogP contribution in [0.15, 0.2) is 0 Å². The summed E-state index contributed by atoms with van der Waals surface area (Å²) in [5.74, 6) is -0.196. The van der Waals surface area contributed by atoms with E-state index in [1.807, 2.05) is 20.8 Å². The van der Waals surface area contributed by atoms with E-state index in [2.05, 4.69) is 6.92 Å². The van der Waals surface area contributed by atoms with E-state index in [9.17, 15) is 4.79 Å². The van der Waals surface area contributed by atoms with Gasteiger partial charge in [0.2, 0.25) is 0 Å². The van der Waals surface area contributed by atoms with Crippen LogP contribution in [0.5, 0.6) is 0 Å². The molecule has 0 aromatic rings. The number of esters is 1. The fourth-order valence-electron chi connectivity index (χ4n) is 1.83. The normalized spacial score (nSPS) is 28.6. The topological polar surface area (TPSA) is 38.8 Å². The summed E-state index contributed by atoms with van der Waals surface area (Å²) in [6, 6.07) is 0. The SMILES string of the molecule is CCCCC1(C(=O)OCC)OC1(C)C. The summed E-state index contributed by atoms with van der Waals surface area (Å²) >= 11 is 0. The molecule has 0 aliphatic carbocycles. The molecule has 1 rings (SSSR count). The molecule has 0 saturated carbocycles. The minimum atomic E-state index is -0.654. The Hall–Kier alpha value is -0.570. The fraction of sp³-hybridized carbons (Fsp3) is 0.909. The van der Waals surface area contributed by atoms with Gasteiger partial charge in [0.1, 0.15) is 5.60 Å². The van der Waals surface area contributed by atoms with Crippen molar-refractivity contribution in [1.29, 1.82) is 0 Å². The van der Waals surface area contributed by atoms with Gasteiger partial charge < -0.3 is 9.47 Å². The molecule has 1 unspecified atom stereocenters. The van der Waals surface area contributed by atoms with Crippen LogP contribution in [0.25, 0.3) is 0 Å². The fourth-order valence-corrected chi connectivity index (χ4v) is 1.83. The number of ether oxygens (including phenoxy) is 2. The number of rotatable bonds is 5. The third-order valence-electron chi connectivity index (χ3n) is 2.85. The predicted octanol–water partition coefficient (Wildman–Crippen LogP) is 2.29. The molecule has 1 heterocycles. The van der Waals surface area contributed by atoms with E-state index in [1.54, 1.807) is 0 Å². The van der Waals surface area contributed by atoms with Crippen molar-refractivity contribution in [2.45, 2.75) is 58.2 Å². The maximum absolute atomic E-state index is 11.7. The Morgan fingerprint density at radius 1 is 1.36 bits per heavy atom. The van der Waals surface area contributed by atoms with Crippen molar-refractivity contribution in [3.05, 3.63) is 0 Å². The molecule has 0 bridgehead atoms. The van der Waals surface area contributed by atoms with E-state index in [0.717, 1.165) is 19.3 Å². The van der Waals surface area contributed by atoms with Gasteiger partial charge >= 0.3 is 5.97 Å². The van der Waals surface area contributed by atoms with Crippen LogP contribution in [0.1, 0.15) is 47.0 Å². The number of carbonyl (C=O) groups excluding carboxylic acids is 1. The molecule has 3 heteroatoms. The highest BCUT2D eigenvalue weighted by Gasteiger charge is 2.69. The number of carbonyl (C=O) groups is 1. The Morgan fingerprint density at radius 3 is 2.29 bits per heavy atom. The molecule has 1 saturated heterocycles. The van der Waals surface area contributed by atoms with Crippen molar-refractivity contribution >= 4 is 5.97 Å². The molecule has 0 N–H and O–H groups in total. The quantitative estimate of drug-likeness (QED) is 0.505. The molecule has 0 aromatic carbocycles. The average molecular weight is 200 g/mol. The summed E-state index contributed by atoms with van der Waals surface area (Å²) in [6.07, 6.45) is 2.85. The molecule has 0 radical (unpaired) electrons. The van der Waals surface area contributed by atoms with Gasteiger partial charge in [0.05, 0.1) is 6.61 Å². The van der Waals surface area contributed by atoms with Gasteiger partial charge in [-0.1, -0.05) is 19.8 Å². The standard InChI is InChI=1S/C11H20O3/c1-5-7-8-11(9(12)13-6-2)10(3,4)14-11/h5-8H2,1-4H3. The van der Waals surface area contributed by atoms with Crippen LogP contribution in [0, 0.1) is 0 Å². The Morgan fingerprint density at radius 2 is 1.93 bits per heavy atom. The lowest BCUT2D eigenvalue weighted by Gasteiger charge is -2.12. The molecule has 0 spiro atoms. The zero-order valence-electron chi connectivity index (χ0n) is 9.55. The summed E-state index contributed by atoms with van der Waals surface area (Å²) < 4.78 is 10.6. The second kappa shape index (κ2) is 3.89. The Balaban J connectivity index is 2.61. The Labute approximate surface area is 85.8 Å². The molecule has 1 aliphatic rings. The lowest BCUT2D eigenvalue weighted by molar-refractivity contribution is -0.149. The maximum atomic E-state index is 11.7. The molecule has 14 heavy (non-hydrogen) atoms. The van der Waals surface area contributed by atoms with Crippen molar-refractivity contribution in [2.24, 2.45) is 0 Å². The van der Waals surface area contributed by atoms with Gasteiger partial charge in [-0.15, -0.1) is 0 Å². The summed E-state index contributed by atoms with van der Waals surface area (Å²) in [6.45, 7) is 8.24. The first-order valence-electron chi connectivity index (χ1n) is 5.37. The molecule has 1 atom stereocenters. The molecule has 0 amide bonds. The first-order chi connectivity index (χ1) is 6.50. The summed E-state index contributed by atoms with van der Waals surface area (Å²) in [7, 11) is 0. The summed E-state index contributed by atoms with van der Waals surface area (Å²) in [4.78, 5) is 11.7. The molecule has 3 nitrogen and oxygen atoms in total. The van der Waals surface area contributed by atoms with Crippen LogP contribution in [0.3, 0.4) is 0 Å². The van der Waals surface area contributed by atoms with Crippen molar-refractivity contribution in [2.75, 3.05) is 6.61 Å². The van der Waals surface area contributed by atoms with Gasteiger partial charge in [0, 0.05) is 0 Å². The van der Waals surface area contributed by atoms with Crippen LogP contribution in [0.2, 0.25) is 0 Å². The number of epoxide rings is 1. The van der Waals surface area contributed by atoms with Gasteiger partial charge in [0.25, 0.3) is 0 Å². The van der Waals surface area contributed by atoms with Gasteiger partial charge in [-0.25, -0.2) is 4.79 Å². The lowest BCUT2D eigenvalue weighted by Crippen LogP contribution is -2.33. The van der Waals surface area contributed by atoms with Crippen molar-refractivity contribution < 1.29 is 14.3 Å². The van der Waals surface area contributed by atoms with Crippen LogP contribution >= 0.6 is 0 Å². The number of hydrogen-bond donors (Lipinski definition) is 0. The smallest absolute Gasteiger partial charge is 0.341 e. The molecular formula is C11H20O3. The molecule has 1 fully saturated rings. The van der Waals surface area contributed by atoms with Crippen LogP contribution in [-0.2, 0) is 14.3 Å². The lowest BCUT2D eigenvalue weighted by atomic mass is 9.91. The van der Waals surface area contributed by atoms with Crippen LogP contribution < -0.4 is 0 Å². The van der Waals surface area contributed by atoms with E-state index >= 15 is 0 Å². The van der Waals surface area contributed by atoms with E-state index in [-0.39, 0.29) is 11.6 Å². The van der Waals surface area contributed by atoms with E-state index in [0.29, 0.717) is 6.61 Å².